The van der Waals surface area contributed by atoms with Gasteiger partial charge in [-0.05, 0) is 22.3 Å². The van der Waals surface area contributed by atoms with Crippen molar-refractivity contribution in [3.8, 4) is 0 Å². The second-order valence-electron chi connectivity index (χ2n) is 2.80. The van der Waals surface area contributed by atoms with E-state index in [2.05, 4.69) is 24.8 Å². The summed E-state index contributed by atoms with van der Waals surface area (Å²) in [6.45, 7) is 3.94. The molecule has 3 aliphatic rings. The van der Waals surface area contributed by atoms with Gasteiger partial charge in [-0.15, -0.1) is 0 Å². The molecule has 1 saturated carbocycles. The topological polar surface area (TPSA) is 0 Å². The van der Waals surface area contributed by atoms with Gasteiger partial charge in [0.1, 0.15) is 0 Å². The summed E-state index contributed by atoms with van der Waals surface area (Å²) < 4.78 is 0. The Morgan fingerprint density at radius 2 is 1.89 bits per heavy atom. The average molecular weight is 114 g/mol. The number of hydrogen-bond donors (Lipinski definition) is 0. The summed E-state index contributed by atoms with van der Waals surface area (Å²) in [5, 5.41) is 0. The molecule has 0 aromatic carbocycles. The fourth-order valence-electron chi connectivity index (χ4n) is 1.79. The predicted octanol–water partition coefficient (Wildman–Crippen LogP) is 1.98. The van der Waals surface area contributed by atoms with E-state index in [4.69, 9.17) is 0 Å². The fourth-order valence-corrected chi connectivity index (χ4v) is 1.79. The van der Waals surface area contributed by atoms with E-state index in [1.807, 2.05) is 0 Å². The van der Waals surface area contributed by atoms with Gasteiger partial charge in [-0.25, -0.2) is 0 Å². The lowest BCUT2D eigenvalue weighted by molar-refractivity contribution is 1.20. The minimum absolute atomic E-state index is 0.720. The quantitative estimate of drug-likeness (QED) is 0.451. The van der Waals surface area contributed by atoms with Gasteiger partial charge in [0, 0.05) is 5.92 Å². The zero-order valence-corrected chi connectivity index (χ0v) is 5.02. The Morgan fingerprint density at radius 1 is 1.11 bits per heavy atom. The third-order valence-electron chi connectivity index (χ3n) is 2.33. The lowest BCUT2D eigenvalue weighted by Gasteiger charge is -1.92. The van der Waals surface area contributed by atoms with E-state index in [0.717, 1.165) is 5.92 Å². The summed E-state index contributed by atoms with van der Waals surface area (Å²) in [7, 11) is 0. The van der Waals surface area contributed by atoms with Crippen LogP contribution in [0.4, 0.5) is 0 Å². The van der Waals surface area contributed by atoms with E-state index in [9.17, 15) is 0 Å². The van der Waals surface area contributed by atoms with Crippen LogP contribution >= 0.6 is 0 Å². The molecule has 9 heavy (non-hydrogen) atoms. The molecule has 3 rings (SSSR count). The normalized spacial score (nSPS) is 33.6. The third kappa shape index (κ3) is 0.254. The highest BCUT2D eigenvalue weighted by Gasteiger charge is 2.47. The first-order chi connectivity index (χ1) is 4.38. The summed E-state index contributed by atoms with van der Waals surface area (Å²) in [6, 6.07) is 0. The first-order valence-electron chi connectivity index (χ1n) is 3.21. The standard InChI is InChI=1S/C9H6/c1-5-4-8-7-3-2-6(5)9(7)8/h2-4,9H,1H2. The van der Waals surface area contributed by atoms with E-state index in [-0.39, 0.29) is 0 Å². The molecule has 0 aromatic rings. The first-order valence-corrected chi connectivity index (χ1v) is 3.21. The van der Waals surface area contributed by atoms with Gasteiger partial charge in [-0.1, -0.05) is 24.8 Å². The van der Waals surface area contributed by atoms with Gasteiger partial charge in [0.25, 0.3) is 0 Å². The van der Waals surface area contributed by atoms with Crippen LogP contribution in [-0.4, -0.2) is 0 Å². The van der Waals surface area contributed by atoms with Crippen molar-refractivity contribution in [2.45, 2.75) is 0 Å². The second kappa shape index (κ2) is 0.860. The Kier molecular flexibility index (Phi) is 0.371. The molecule has 0 N–H and O–H groups in total. The Hall–Kier alpha value is -1.04. The van der Waals surface area contributed by atoms with Crippen molar-refractivity contribution in [3.05, 3.63) is 47.1 Å². The Bertz CT molecular complexity index is 311. The van der Waals surface area contributed by atoms with Gasteiger partial charge in [0.05, 0.1) is 0 Å². The van der Waals surface area contributed by atoms with Crippen LogP contribution in [0.25, 0.3) is 0 Å². The zero-order chi connectivity index (χ0) is 6.01. The summed E-state index contributed by atoms with van der Waals surface area (Å²) in [6.07, 6.45) is 6.61. The number of fused-ring (bicyclic) bond motifs is 1. The molecule has 0 aromatic heterocycles. The smallest absolute Gasteiger partial charge is 0.0352 e. The van der Waals surface area contributed by atoms with E-state index in [1.54, 1.807) is 0 Å². The third-order valence-corrected chi connectivity index (χ3v) is 2.33. The van der Waals surface area contributed by atoms with E-state index in [0.29, 0.717) is 0 Å². The van der Waals surface area contributed by atoms with Gasteiger partial charge in [0.2, 0.25) is 0 Å². The minimum Gasteiger partial charge on any atom is -0.0914 e. The molecule has 0 heterocycles. The lowest BCUT2D eigenvalue weighted by Crippen LogP contribution is -1.78. The van der Waals surface area contributed by atoms with Crippen molar-refractivity contribution in [1.82, 2.24) is 0 Å². The van der Waals surface area contributed by atoms with Crippen LogP contribution in [0.5, 0.6) is 0 Å². The van der Waals surface area contributed by atoms with Crippen LogP contribution < -0.4 is 0 Å². The van der Waals surface area contributed by atoms with Crippen molar-refractivity contribution < 1.29 is 0 Å². The summed E-state index contributed by atoms with van der Waals surface area (Å²) in [5.74, 6) is 0.720. The molecule has 0 amide bonds. The molecule has 3 aliphatic carbocycles. The highest BCUT2D eigenvalue weighted by molar-refractivity contribution is 5.78. The molecule has 42 valence electrons. The lowest BCUT2D eigenvalue weighted by atomic mass is 10.1. The number of hydrogen-bond acceptors (Lipinski definition) is 0. The van der Waals surface area contributed by atoms with Gasteiger partial charge in [-0.3, -0.25) is 0 Å². The van der Waals surface area contributed by atoms with Crippen LogP contribution in [0.3, 0.4) is 0 Å². The number of rotatable bonds is 0. The Balaban J connectivity index is 2.41. The molecular formula is C9H6. The molecule has 0 spiro atoms. The maximum atomic E-state index is 3.94. The Labute approximate surface area is 53.9 Å². The molecule has 0 radical (unpaired) electrons. The maximum absolute atomic E-state index is 3.94. The summed E-state index contributed by atoms with van der Waals surface area (Å²) in [4.78, 5) is 0. The second-order valence-corrected chi connectivity index (χ2v) is 2.80. The molecule has 0 aliphatic heterocycles. The minimum atomic E-state index is 0.720. The van der Waals surface area contributed by atoms with Gasteiger partial charge < -0.3 is 0 Å². The van der Waals surface area contributed by atoms with Gasteiger partial charge in [0.15, 0.2) is 0 Å². The SMILES string of the molecule is C=C1C=C2C3=CC=C1C32. The molecule has 0 bridgehead atoms. The van der Waals surface area contributed by atoms with E-state index >= 15 is 0 Å². The molecule has 1 fully saturated rings. The van der Waals surface area contributed by atoms with Crippen molar-refractivity contribution in [3.63, 3.8) is 0 Å². The highest BCUT2D eigenvalue weighted by atomic mass is 14.5. The Morgan fingerprint density at radius 3 is 2.56 bits per heavy atom. The van der Waals surface area contributed by atoms with Crippen molar-refractivity contribution >= 4 is 0 Å². The van der Waals surface area contributed by atoms with Gasteiger partial charge in [-0.2, -0.15) is 0 Å². The van der Waals surface area contributed by atoms with Crippen LogP contribution in [-0.2, 0) is 0 Å². The van der Waals surface area contributed by atoms with E-state index < -0.39 is 0 Å². The van der Waals surface area contributed by atoms with Crippen LogP contribution in [0.15, 0.2) is 47.1 Å². The fraction of sp³-hybridized carbons (Fsp3) is 0.111. The molecule has 1 atom stereocenters. The van der Waals surface area contributed by atoms with Crippen LogP contribution in [0.1, 0.15) is 0 Å². The van der Waals surface area contributed by atoms with E-state index in [1.165, 1.54) is 22.3 Å². The predicted molar refractivity (Wildman–Crippen MR) is 36.9 cm³/mol. The van der Waals surface area contributed by atoms with Crippen LogP contribution in [0.2, 0.25) is 0 Å². The first kappa shape index (κ1) is 3.89. The average Bonchev–Trinajstić information content (AvgIpc) is 2.30. The summed E-state index contributed by atoms with van der Waals surface area (Å²) in [5.41, 5.74) is 5.74. The highest BCUT2D eigenvalue weighted by Crippen LogP contribution is 2.60. The van der Waals surface area contributed by atoms with Gasteiger partial charge >= 0.3 is 0 Å². The van der Waals surface area contributed by atoms with Crippen molar-refractivity contribution in [1.29, 1.82) is 0 Å². The molecular weight excluding hydrogens is 108 g/mol. The zero-order valence-electron chi connectivity index (χ0n) is 5.02. The summed E-state index contributed by atoms with van der Waals surface area (Å²) >= 11 is 0. The monoisotopic (exact) mass is 114 g/mol. The van der Waals surface area contributed by atoms with Crippen molar-refractivity contribution in [2.75, 3.05) is 0 Å². The van der Waals surface area contributed by atoms with Crippen LogP contribution in [0, 0.1) is 5.92 Å². The maximum Gasteiger partial charge on any atom is 0.0352 e. The molecule has 0 saturated heterocycles. The molecule has 0 heteroatoms. The van der Waals surface area contributed by atoms with Crippen molar-refractivity contribution in [2.24, 2.45) is 5.92 Å². The largest absolute Gasteiger partial charge is 0.0914 e. The number of allylic oxidation sites excluding steroid dienone is 7. The molecule has 0 nitrogen and oxygen atoms in total. The molecule has 1 unspecified atom stereocenters.